The molecule has 31 heavy (non-hydrogen) atoms. The van der Waals surface area contributed by atoms with E-state index in [1.165, 1.54) is 23.6 Å². The SMILES string of the molecule is O=C(Nn1c(=S)[nH]c2ccccc2c1=O)c1ccc(COc2ccc3c(c2)CCC3)o1. The first-order valence-electron chi connectivity index (χ1n) is 9.97. The Bertz CT molecular complexity index is 1420. The van der Waals surface area contributed by atoms with Crippen LogP contribution in [-0.2, 0) is 19.4 Å². The number of benzene rings is 2. The van der Waals surface area contributed by atoms with Gasteiger partial charge in [0.15, 0.2) is 10.5 Å². The minimum absolute atomic E-state index is 0.0574. The average Bonchev–Trinajstić information content (AvgIpc) is 3.44. The van der Waals surface area contributed by atoms with Gasteiger partial charge in [-0.05, 0) is 79.0 Å². The Morgan fingerprint density at radius 3 is 2.87 bits per heavy atom. The molecule has 2 aromatic carbocycles. The summed E-state index contributed by atoms with van der Waals surface area (Å²) in [5, 5.41) is 0.416. The van der Waals surface area contributed by atoms with Crippen molar-refractivity contribution in [3.05, 3.63) is 92.4 Å². The highest BCUT2D eigenvalue weighted by molar-refractivity contribution is 7.71. The number of hydrogen-bond donors (Lipinski definition) is 2. The fraction of sp³-hybridized carbons (Fsp3) is 0.174. The summed E-state index contributed by atoms with van der Waals surface area (Å²) in [7, 11) is 0. The Morgan fingerprint density at radius 2 is 1.97 bits per heavy atom. The zero-order valence-corrected chi connectivity index (χ0v) is 17.3. The quantitative estimate of drug-likeness (QED) is 0.463. The van der Waals surface area contributed by atoms with E-state index in [1.807, 2.05) is 6.07 Å². The highest BCUT2D eigenvalue weighted by Gasteiger charge is 2.15. The van der Waals surface area contributed by atoms with Crippen LogP contribution in [0.25, 0.3) is 10.9 Å². The molecule has 2 heterocycles. The molecule has 0 radical (unpaired) electrons. The molecule has 0 saturated heterocycles. The molecule has 0 aliphatic heterocycles. The van der Waals surface area contributed by atoms with Crippen molar-refractivity contribution in [2.75, 3.05) is 5.43 Å². The first-order chi connectivity index (χ1) is 15.1. The maximum atomic E-state index is 12.7. The third kappa shape index (κ3) is 3.77. The lowest BCUT2D eigenvalue weighted by atomic mass is 10.1. The van der Waals surface area contributed by atoms with Crippen LogP contribution in [0.3, 0.4) is 0 Å². The summed E-state index contributed by atoms with van der Waals surface area (Å²) in [5.41, 5.74) is 5.39. The number of aryl methyl sites for hydroxylation is 2. The van der Waals surface area contributed by atoms with Gasteiger partial charge in [-0.15, -0.1) is 0 Å². The standard InChI is InChI=1S/C23H19N3O4S/c27-21(25-26-22(28)18-6-1-2-7-19(18)24-23(26)31)20-11-10-17(30-20)13-29-16-9-8-14-4-3-5-15(14)12-16/h1-2,6-12H,3-5,13H2,(H,24,31)(H,25,27). The van der Waals surface area contributed by atoms with E-state index in [-0.39, 0.29) is 17.1 Å². The van der Waals surface area contributed by atoms with Crippen molar-refractivity contribution in [2.45, 2.75) is 25.9 Å². The Hall–Kier alpha value is -3.65. The summed E-state index contributed by atoms with van der Waals surface area (Å²) in [6.07, 6.45) is 3.38. The number of nitrogens with zero attached hydrogens (tertiary/aromatic N) is 1. The van der Waals surface area contributed by atoms with Gasteiger partial charge in [0.05, 0.1) is 10.9 Å². The summed E-state index contributed by atoms with van der Waals surface area (Å²) < 4.78 is 12.5. The molecular weight excluding hydrogens is 414 g/mol. The maximum Gasteiger partial charge on any atom is 0.305 e. The molecular formula is C23H19N3O4S. The van der Waals surface area contributed by atoms with Gasteiger partial charge in [-0.2, -0.15) is 4.68 Å². The number of amides is 1. The second kappa shape index (κ2) is 7.88. The molecule has 0 unspecified atom stereocenters. The zero-order chi connectivity index (χ0) is 21.4. The number of fused-ring (bicyclic) bond motifs is 2. The van der Waals surface area contributed by atoms with Crippen LogP contribution < -0.4 is 15.7 Å². The van der Waals surface area contributed by atoms with E-state index in [4.69, 9.17) is 21.4 Å². The first kappa shape index (κ1) is 19.3. The molecule has 2 N–H and O–H groups in total. The Kier molecular flexibility index (Phi) is 4.91. The summed E-state index contributed by atoms with van der Waals surface area (Å²) in [6.45, 7) is 0.196. The minimum atomic E-state index is -0.583. The van der Waals surface area contributed by atoms with Gasteiger partial charge in [0, 0.05) is 0 Å². The Balaban J connectivity index is 1.30. The van der Waals surface area contributed by atoms with Crippen molar-refractivity contribution in [2.24, 2.45) is 0 Å². The second-order valence-electron chi connectivity index (χ2n) is 7.40. The number of hydrogen-bond acceptors (Lipinski definition) is 5. The molecule has 156 valence electrons. The predicted molar refractivity (Wildman–Crippen MR) is 119 cm³/mol. The van der Waals surface area contributed by atoms with Gasteiger partial charge in [0.1, 0.15) is 18.1 Å². The topological polar surface area (TPSA) is 89.3 Å². The molecule has 0 fully saturated rings. The number of H-pyrrole nitrogens is 1. The minimum Gasteiger partial charge on any atom is -0.486 e. The molecule has 7 nitrogen and oxygen atoms in total. The van der Waals surface area contributed by atoms with E-state index in [2.05, 4.69) is 22.5 Å². The lowest BCUT2D eigenvalue weighted by molar-refractivity contribution is 0.0976. The normalized spacial score (nSPS) is 12.6. The highest BCUT2D eigenvalue weighted by atomic mass is 32.1. The number of furan rings is 1. The summed E-state index contributed by atoms with van der Waals surface area (Å²) >= 11 is 5.21. The smallest absolute Gasteiger partial charge is 0.305 e. The van der Waals surface area contributed by atoms with E-state index < -0.39 is 11.5 Å². The highest BCUT2D eigenvalue weighted by Crippen LogP contribution is 2.26. The Labute approximate surface area is 182 Å². The summed E-state index contributed by atoms with van der Waals surface area (Å²) in [5.74, 6) is 0.751. The molecule has 4 aromatic rings. The van der Waals surface area contributed by atoms with Gasteiger partial charge in [-0.1, -0.05) is 18.2 Å². The molecule has 1 aliphatic carbocycles. The third-order valence-electron chi connectivity index (χ3n) is 5.36. The van der Waals surface area contributed by atoms with Crippen molar-refractivity contribution >= 4 is 29.0 Å². The second-order valence-corrected chi connectivity index (χ2v) is 7.78. The largest absolute Gasteiger partial charge is 0.486 e. The van der Waals surface area contributed by atoms with Gasteiger partial charge in [-0.3, -0.25) is 15.0 Å². The van der Waals surface area contributed by atoms with E-state index in [9.17, 15) is 9.59 Å². The van der Waals surface area contributed by atoms with Crippen LogP contribution in [-0.4, -0.2) is 15.6 Å². The molecule has 0 bridgehead atoms. The average molecular weight is 433 g/mol. The number of aromatic nitrogens is 2. The van der Waals surface area contributed by atoms with Crippen molar-refractivity contribution < 1.29 is 13.9 Å². The van der Waals surface area contributed by atoms with Crippen LogP contribution in [0.4, 0.5) is 0 Å². The van der Waals surface area contributed by atoms with Crippen molar-refractivity contribution in [1.82, 2.24) is 9.66 Å². The monoisotopic (exact) mass is 433 g/mol. The molecule has 2 aromatic heterocycles. The van der Waals surface area contributed by atoms with Crippen LogP contribution in [0.15, 0.2) is 63.8 Å². The van der Waals surface area contributed by atoms with Crippen LogP contribution in [0.1, 0.15) is 33.9 Å². The van der Waals surface area contributed by atoms with Gasteiger partial charge < -0.3 is 14.1 Å². The molecule has 1 amide bonds. The summed E-state index contributed by atoms with van der Waals surface area (Å²) in [6, 6.07) is 16.3. The molecule has 0 saturated carbocycles. The van der Waals surface area contributed by atoms with E-state index >= 15 is 0 Å². The number of nitrogens with one attached hydrogen (secondary N) is 2. The molecule has 0 atom stereocenters. The van der Waals surface area contributed by atoms with Gasteiger partial charge in [0.25, 0.3) is 5.56 Å². The van der Waals surface area contributed by atoms with E-state index in [0.717, 1.165) is 23.3 Å². The number of para-hydroxylation sites is 1. The maximum absolute atomic E-state index is 12.7. The molecule has 1 aliphatic rings. The zero-order valence-electron chi connectivity index (χ0n) is 16.5. The van der Waals surface area contributed by atoms with Crippen molar-refractivity contribution in [3.8, 4) is 5.75 Å². The fourth-order valence-corrected chi connectivity index (χ4v) is 4.03. The Morgan fingerprint density at radius 1 is 1.13 bits per heavy atom. The number of carbonyl (C=O) groups excluding carboxylic acids is 1. The van der Waals surface area contributed by atoms with Gasteiger partial charge in [0.2, 0.25) is 0 Å². The molecule has 8 heteroatoms. The third-order valence-corrected chi connectivity index (χ3v) is 5.64. The van der Waals surface area contributed by atoms with Crippen LogP contribution in [0, 0.1) is 4.77 Å². The van der Waals surface area contributed by atoms with E-state index in [0.29, 0.717) is 16.7 Å². The molecule has 5 rings (SSSR count). The van der Waals surface area contributed by atoms with Crippen molar-refractivity contribution in [3.63, 3.8) is 0 Å². The van der Waals surface area contributed by atoms with Gasteiger partial charge in [-0.25, -0.2) is 0 Å². The summed E-state index contributed by atoms with van der Waals surface area (Å²) in [4.78, 5) is 28.2. The van der Waals surface area contributed by atoms with Crippen LogP contribution in [0.2, 0.25) is 0 Å². The number of ether oxygens (including phenoxy) is 1. The van der Waals surface area contributed by atoms with Crippen LogP contribution >= 0.6 is 12.2 Å². The van der Waals surface area contributed by atoms with Crippen molar-refractivity contribution in [1.29, 1.82) is 0 Å². The molecule has 0 spiro atoms. The lowest BCUT2D eigenvalue weighted by Gasteiger charge is -2.08. The number of rotatable bonds is 5. The first-order valence-corrected chi connectivity index (χ1v) is 10.4. The lowest BCUT2D eigenvalue weighted by Crippen LogP contribution is -2.34. The predicted octanol–water partition coefficient (Wildman–Crippen LogP) is 4.10. The number of carbonyl (C=O) groups is 1. The van der Waals surface area contributed by atoms with Gasteiger partial charge >= 0.3 is 5.91 Å². The fourth-order valence-electron chi connectivity index (χ4n) is 3.79. The van der Waals surface area contributed by atoms with E-state index in [1.54, 1.807) is 30.3 Å². The number of aromatic amines is 1. The van der Waals surface area contributed by atoms with Crippen LogP contribution in [0.5, 0.6) is 5.75 Å².